The van der Waals surface area contributed by atoms with Gasteiger partial charge in [-0.2, -0.15) is 0 Å². The van der Waals surface area contributed by atoms with Crippen LogP contribution in [0, 0.1) is 11.8 Å². The zero-order chi connectivity index (χ0) is 18.6. The topological polar surface area (TPSA) is 86.7 Å². The standard InChI is InChI=1S/C19H26N2O4/c1-12(2)10-14(19(24)25)11-20-13(3)8-9-21-17(22)15-6-4-5-7-16(15)18(21)23/h4-7,12-14,20H,8-11H2,1-3H3,(H,24,25). The average Bonchev–Trinajstić information content (AvgIpc) is 2.80. The van der Waals surface area contributed by atoms with Gasteiger partial charge < -0.3 is 10.4 Å². The second kappa shape index (κ2) is 8.25. The van der Waals surface area contributed by atoms with Crippen LogP contribution in [0.4, 0.5) is 0 Å². The molecular formula is C19H26N2O4. The van der Waals surface area contributed by atoms with Gasteiger partial charge in [0.1, 0.15) is 0 Å². The normalized spacial score (nSPS) is 16.2. The Morgan fingerprint density at radius 3 is 2.16 bits per heavy atom. The number of nitrogens with one attached hydrogen (secondary N) is 1. The molecule has 0 aliphatic carbocycles. The number of amides is 2. The lowest BCUT2D eigenvalue weighted by Crippen LogP contribution is -2.38. The maximum absolute atomic E-state index is 12.3. The van der Waals surface area contributed by atoms with Crippen molar-refractivity contribution in [2.75, 3.05) is 13.1 Å². The van der Waals surface area contributed by atoms with E-state index in [-0.39, 0.29) is 17.9 Å². The smallest absolute Gasteiger partial charge is 0.307 e. The minimum absolute atomic E-state index is 0.0123. The lowest BCUT2D eigenvalue weighted by molar-refractivity contribution is -0.142. The SMILES string of the molecule is CC(C)CC(CNC(C)CCN1C(=O)c2ccccc2C1=O)C(=O)O. The van der Waals surface area contributed by atoms with Crippen LogP contribution in [0.1, 0.15) is 54.3 Å². The summed E-state index contributed by atoms with van der Waals surface area (Å²) in [5.41, 5.74) is 0.909. The van der Waals surface area contributed by atoms with Crippen LogP contribution in [0.25, 0.3) is 0 Å². The number of imide groups is 1. The van der Waals surface area contributed by atoms with E-state index in [2.05, 4.69) is 5.32 Å². The highest BCUT2D eigenvalue weighted by Crippen LogP contribution is 2.22. The Bertz CT molecular complexity index is 622. The Hall–Kier alpha value is -2.21. The number of hydrogen-bond donors (Lipinski definition) is 2. The van der Waals surface area contributed by atoms with Crippen LogP contribution in [0.3, 0.4) is 0 Å². The Morgan fingerprint density at radius 2 is 1.68 bits per heavy atom. The summed E-state index contributed by atoms with van der Waals surface area (Å²) < 4.78 is 0. The molecule has 6 heteroatoms. The molecule has 0 saturated heterocycles. The Labute approximate surface area is 148 Å². The number of fused-ring (bicyclic) bond motifs is 1. The van der Waals surface area contributed by atoms with Crippen LogP contribution < -0.4 is 5.32 Å². The highest BCUT2D eigenvalue weighted by molar-refractivity contribution is 6.21. The van der Waals surface area contributed by atoms with E-state index >= 15 is 0 Å². The van der Waals surface area contributed by atoms with Crippen LogP contribution in [0.15, 0.2) is 24.3 Å². The first-order chi connectivity index (χ1) is 11.8. The molecule has 2 N–H and O–H groups in total. The fraction of sp³-hybridized carbons (Fsp3) is 0.526. The molecule has 1 aliphatic rings. The molecule has 1 aromatic rings. The number of nitrogens with zero attached hydrogens (tertiary/aromatic N) is 1. The molecule has 2 amide bonds. The van der Waals surface area contributed by atoms with E-state index in [1.54, 1.807) is 24.3 Å². The maximum atomic E-state index is 12.3. The van der Waals surface area contributed by atoms with Crippen molar-refractivity contribution in [3.05, 3.63) is 35.4 Å². The summed E-state index contributed by atoms with van der Waals surface area (Å²) in [7, 11) is 0. The highest BCUT2D eigenvalue weighted by atomic mass is 16.4. The molecule has 0 aromatic heterocycles. The second-order valence-corrected chi connectivity index (χ2v) is 7.07. The molecule has 0 saturated carbocycles. The van der Waals surface area contributed by atoms with E-state index in [1.807, 2.05) is 20.8 Å². The van der Waals surface area contributed by atoms with Crippen molar-refractivity contribution >= 4 is 17.8 Å². The Morgan fingerprint density at radius 1 is 1.12 bits per heavy atom. The summed E-state index contributed by atoms with van der Waals surface area (Å²) in [6, 6.07) is 6.84. The summed E-state index contributed by atoms with van der Waals surface area (Å²) in [4.78, 5) is 37.2. The molecule has 0 radical (unpaired) electrons. The van der Waals surface area contributed by atoms with Gasteiger partial charge in [0, 0.05) is 19.1 Å². The quantitative estimate of drug-likeness (QED) is 0.671. The molecule has 0 bridgehead atoms. The number of carboxylic acid groups (broad SMARTS) is 1. The molecule has 2 unspecified atom stereocenters. The van der Waals surface area contributed by atoms with Gasteiger partial charge in [-0.3, -0.25) is 19.3 Å². The summed E-state index contributed by atoms with van der Waals surface area (Å²) in [5.74, 6) is -1.42. The van der Waals surface area contributed by atoms with E-state index in [0.717, 1.165) is 0 Å². The number of benzene rings is 1. The van der Waals surface area contributed by atoms with Gasteiger partial charge in [-0.25, -0.2) is 0 Å². The largest absolute Gasteiger partial charge is 0.481 e. The number of carbonyl (C=O) groups is 3. The monoisotopic (exact) mass is 346 g/mol. The predicted octanol–water partition coefficient (Wildman–Crippen LogP) is 2.40. The van der Waals surface area contributed by atoms with Crippen molar-refractivity contribution < 1.29 is 19.5 Å². The summed E-state index contributed by atoms with van der Waals surface area (Å²) in [6.45, 7) is 6.65. The van der Waals surface area contributed by atoms with E-state index in [1.165, 1.54) is 4.90 Å². The molecule has 1 aromatic carbocycles. The first-order valence-corrected chi connectivity index (χ1v) is 8.72. The van der Waals surface area contributed by atoms with E-state index in [0.29, 0.717) is 43.0 Å². The molecule has 6 nitrogen and oxygen atoms in total. The van der Waals surface area contributed by atoms with Gasteiger partial charge in [0.2, 0.25) is 0 Å². The fourth-order valence-electron chi connectivity index (χ4n) is 3.05. The molecule has 0 spiro atoms. The first kappa shape index (κ1) is 19.1. The lowest BCUT2D eigenvalue weighted by atomic mass is 9.97. The van der Waals surface area contributed by atoms with Gasteiger partial charge >= 0.3 is 5.97 Å². The second-order valence-electron chi connectivity index (χ2n) is 7.07. The van der Waals surface area contributed by atoms with Crippen molar-refractivity contribution in [3.63, 3.8) is 0 Å². The molecule has 136 valence electrons. The zero-order valence-electron chi connectivity index (χ0n) is 15.0. The first-order valence-electron chi connectivity index (χ1n) is 8.72. The van der Waals surface area contributed by atoms with Gasteiger partial charge in [0.25, 0.3) is 11.8 Å². The van der Waals surface area contributed by atoms with Gasteiger partial charge in [-0.1, -0.05) is 26.0 Å². The minimum Gasteiger partial charge on any atom is -0.481 e. The van der Waals surface area contributed by atoms with Gasteiger partial charge in [-0.15, -0.1) is 0 Å². The summed E-state index contributed by atoms with van der Waals surface area (Å²) in [5, 5.41) is 12.5. The number of rotatable bonds is 9. The lowest BCUT2D eigenvalue weighted by Gasteiger charge is -2.21. The zero-order valence-corrected chi connectivity index (χ0v) is 15.0. The van der Waals surface area contributed by atoms with Gasteiger partial charge in [-0.05, 0) is 37.8 Å². The molecule has 1 heterocycles. The minimum atomic E-state index is -0.797. The highest BCUT2D eigenvalue weighted by Gasteiger charge is 2.34. The average molecular weight is 346 g/mol. The molecule has 1 aliphatic heterocycles. The molecule has 25 heavy (non-hydrogen) atoms. The van der Waals surface area contributed by atoms with Crippen molar-refractivity contribution in [2.45, 2.75) is 39.7 Å². The van der Waals surface area contributed by atoms with Crippen molar-refractivity contribution in [2.24, 2.45) is 11.8 Å². The fourth-order valence-corrected chi connectivity index (χ4v) is 3.05. The number of carbonyl (C=O) groups excluding carboxylic acids is 2. The van der Waals surface area contributed by atoms with E-state index < -0.39 is 11.9 Å². The van der Waals surface area contributed by atoms with Crippen molar-refractivity contribution in [1.29, 1.82) is 0 Å². The third kappa shape index (κ3) is 4.66. The molecular weight excluding hydrogens is 320 g/mol. The van der Waals surface area contributed by atoms with Crippen molar-refractivity contribution in [3.8, 4) is 0 Å². The number of hydrogen-bond acceptors (Lipinski definition) is 4. The summed E-state index contributed by atoms with van der Waals surface area (Å²) in [6.07, 6.45) is 1.20. The van der Waals surface area contributed by atoms with Gasteiger partial charge in [0.15, 0.2) is 0 Å². The Balaban J connectivity index is 1.84. The van der Waals surface area contributed by atoms with Gasteiger partial charge in [0.05, 0.1) is 17.0 Å². The number of carboxylic acids is 1. The van der Waals surface area contributed by atoms with Crippen LogP contribution in [-0.2, 0) is 4.79 Å². The van der Waals surface area contributed by atoms with Crippen molar-refractivity contribution in [1.82, 2.24) is 10.2 Å². The molecule has 2 atom stereocenters. The predicted molar refractivity (Wildman–Crippen MR) is 94.5 cm³/mol. The van der Waals surface area contributed by atoms with Crippen LogP contribution in [0.5, 0.6) is 0 Å². The Kier molecular flexibility index (Phi) is 6.31. The van der Waals surface area contributed by atoms with Crippen LogP contribution in [0.2, 0.25) is 0 Å². The third-order valence-corrected chi connectivity index (χ3v) is 4.48. The number of aliphatic carboxylic acids is 1. The maximum Gasteiger partial charge on any atom is 0.307 e. The summed E-state index contributed by atoms with van der Waals surface area (Å²) >= 11 is 0. The van der Waals surface area contributed by atoms with E-state index in [4.69, 9.17) is 0 Å². The van der Waals surface area contributed by atoms with Crippen LogP contribution in [-0.4, -0.2) is 46.9 Å². The molecule has 0 fully saturated rings. The van der Waals surface area contributed by atoms with E-state index in [9.17, 15) is 19.5 Å². The third-order valence-electron chi connectivity index (χ3n) is 4.48. The molecule has 2 rings (SSSR count). The van der Waals surface area contributed by atoms with Crippen LogP contribution >= 0.6 is 0 Å².